The monoisotopic (exact) mass is 405 g/mol. The molecule has 2 aromatic rings. The fourth-order valence-corrected chi connectivity index (χ4v) is 2.94. The molecule has 0 radical (unpaired) electrons. The average Bonchev–Trinajstić information content (AvgIpc) is 3.01. The average molecular weight is 405 g/mol. The van der Waals surface area contributed by atoms with Gasteiger partial charge < -0.3 is 30.1 Å². The SMILES string of the molecule is COC(=O)c1ccccc1C(=O)Nc1ccn([C@@H]2O[C@H](CO)[C@@H](O)[C@@H]2O)c(=O)n1. The second kappa shape index (κ2) is 8.49. The third kappa shape index (κ3) is 4.03. The van der Waals surface area contributed by atoms with Crippen molar-refractivity contribution in [3.63, 3.8) is 0 Å². The van der Waals surface area contributed by atoms with Crippen molar-refractivity contribution in [2.24, 2.45) is 0 Å². The standard InChI is InChI=1S/C18H19N3O8/c1-28-17(26)10-5-3-2-4-9(10)15(25)19-12-6-7-21(18(27)20-12)16-14(24)13(23)11(8-22)29-16/h2-7,11,13-14,16,22-24H,8H2,1H3,(H,19,20,25,27)/t11-,13-,14+,16-/m1/s1. The summed E-state index contributed by atoms with van der Waals surface area (Å²) in [5.41, 5.74) is -0.778. The molecule has 1 fully saturated rings. The molecule has 1 aliphatic rings. The van der Waals surface area contributed by atoms with Crippen molar-refractivity contribution in [2.45, 2.75) is 24.5 Å². The molecule has 11 heteroatoms. The highest BCUT2D eigenvalue weighted by Crippen LogP contribution is 2.28. The Labute approximate surface area is 164 Å². The number of hydrogen-bond acceptors (Lipinski definition) is 9. The van der Waals surface area contributed by atoms with Crippen LogP contribution in [0.5, 0.6) is 0 Å². The lowest BCUT2D eigenvalue weighted by Crippen LogP contribution is -2.36. The molecule has 1 aromatic heterocycles. The molecular weight excluding hydrogens is 386 g/mol. The quantitative estimate of drug-likeness (QED) is 0.452. The summed E-state index contributed by atoms with van der Waals surface area (Å²) in [4.78, 5) is 40.3. The predicted molar refractivity (Wildman–Crippen MR) is 97.2 cm³/mol. The number of carbonyl (C=O) groups is 2. The van der Waals surface area contributed by atoms with Crippen molar-refractivity contribution < 1.29 is 34.4 Å². The zero-order chi connectivity index (χ0) is 21.1. The molecule has 0 saturated carbocycles. The molecule has 4 N–H and O–H groups in total. The Hall–Kier alpha value is -3.12. The molecule has 1 amide bonds. The molecule has 1 saturated heterocycles. The second-order valence-electron chi connectivity index (χ2n) is 6.22. The fourth-order valence-electron chi connectivity index (χ4n) is 2.94. The summed E-state index contributed by atoms with van der Waals surface area (Å²) in [7, 11) is 1.19. The fraction of sp³-hybridized carbons (Fsp3) is 0.333. The Balaban J connectivity index is 1.81. The van der Waals surface area contributed by atoms with Crippen molar-refractivity contribution in [3.05, 3.63) is 58.1 Å². The van der Waals surface area contributed by atoms with Crippen molar-refractivity contribution in [1.29, 1.82) is 0 Å². The summed E-state index contributed by atoms with van der Waals surface area (Å²) in [6, 6.07) is 7.27. The lowest BCUT2D eigenvalue weighted by molar-refractivity contribution is -0.0549. The maximum Gasteiger partial charge on any atom is 0.351 e. The number of carbonyl (C=O) groups excluding carboxylic acids is 2. The first-order chi connectivity index (χ1) is 13.9. The molecule has 1 aromatic carbocycles. The minimum absolute atomic E-state index is 0.0359. The summed E-state index contributed by atoms with van der Waals surface area (Å²) in [6.07, 6.45) is -3.88. The summed E-state index contributed by atoms with van der Waals surface area (Å²) in [6.45, 7) is -0.537. The van der Waals surface area contributed by atoms with Gasteiger partial charge in [0.05, 0.1) is 24.8 Å². The largest absolute Gasteiger partial charge is 0.465 e. The van der Waals surface area contributed by atoms with Gasteiger partial charge in [0.2, 0.25) is 0 Å². The number of hydrogen-bond donors (Lipinski definition) is 4. The molecule has 0 spiro atoms. The highest BCUT2D eigenvalue weighted by Gasteiger charge is 2.43. The summed E-state index contributed by atoms with van der Waals surface area (Å²) >= 11 is 0. The van der Waals surface area contributed by atoms with E-state index in [1.54, 1.807) is 12.1 Å². The highest BCUT2D eigenvalue weighted by molar-refractivity contribution is 6.10. The van der Waals surface area contributed by atoms with E-state index in [0.717, 1.165) is 4.57 Å². The van der Waals surface area contributed by atoms with Crippen LogP contribution in [0.2, 0.25) is 0 Å². The number of benzene rings is 1. The maximum absolute atomic E-state index is 12.5. The van der Waals surface area contributed by atoms with Gasteiger partial charge in [0.25, 0.3) is 5.91 Å². The molecule has 2 heterocycles. The summed E-state index contributed by atoms with van der Waals surface area (Å²) in [5, 5.41) is 31.4. The number of anilines is 1. The third-order valence-electron chi connectivity index (χ3n) is 4.44. The number of nitrogens with zero attached hydrogens (tertiary/aromatic N) is 2. The summed E-state index contributed by atoms with van der Waals surface area (Å²) in [5.74, 6) is -1.46. The van der Waals surface area contributed by atoms with E-state index in [0.29, 0.717) is 0 Å². The first-order valence-corrected chi connectivity index (χ1v) is 8.57. The number of aromatic nitrogens is 2. The third-order valence-corrected chi connectivity index (χ3v) is 4.44. The van der Waals surface area contributed by atoms with Gasteiger partial charge >= 0.3 is 11.7 Å². The van der Waals surface area contributed by atoms with Crippen LogP contribution in [0.25, 0.3) is 0 Å². The van der Waals surface area contributed by atoms with E-state index >= 15 is 0 Å². The number of nitrogens with one attached hydrogen (secondary N) is 1. The van der Waals surface area contributed by atoms with Crippen LogP contribution in [-0.4, -0.2) is 68.8 Å². The number of ether oxygens (including phenoxy) is 2. The second-order valence-corrected chi connectivity index (χ2v) is 6.22. The Bertz CT molecular complexity index is 976. The molecule has 29 heavy (non-hydrogen) atoms. The molecule has 3 rings (SSSR count). The Morgan fingerprint density at radius 3 is 2.48 bits per heavy atom. The van der Waals surface area contributed by atoms with Crippen LogP contribution in [0.1, 0.15) is 26.9 Å². The van der Waals surface area contributed by atoms with Gasteiger partial charge in [-0.2, -0.15) is 4.98 Å². The molecular formula is C18H19N3O8. The topological polar surface area (TPSA) is 160 Å². The zero-order valence-electron chi connectivity index (χ0n) is 15.3. The van der Waals surface area contributed by atoms with Gasteiger partial charge in [-0.3, -0.25) is 9.36 Å². The van der Waals surface area contributed by atoms with E-state index in [2.05, 4.69) is 15.0 Å². The molecule has 0 bridgehead atoms. The number of methoxy groups -OCH3 is 1. The first-order valence-electron chi connectivity index (χ1n) is 8.57. The van der Waals surface area contributed by atoms with Gasteiger partial charge in [0.15, 0.2) is 6.23 Å². The smallest absolute Gasteiger partial charge is 0.351 e. The molecule has 4 atom stereocenters. The van der Waals surface area contributed by atoms with Crippen LogP contribution >= 0.6 is 0 Å². The lowest BCUT2D eigenvalue weighted by Gasteiger charge is -2.17. The van der Waals surface area contributed by atoms with Gasteiger partial charge in [-0.1, -0.05) is 12.1 Å². The van der Waals surface area contributed by atoms with Crippen molar-refractivity contribution in [2.75, 3.05) is 19.0 Å². The Kier molecular flexibility index (Phi) is 6.03. The minimum Gasteiger partial charge on any atom is -0.465 e. The van der Waals surface area contributed by atoms with E-state index in [1.807, 2.05) is 0 Å². The van der Waals surface area contributed by atoms with Crippen LogP contribution < -0.4 is 11.0 Å². The van der Waals surface area contributed by atoms with E-state index in [-0.39, 0.29) is 16.9 Å². The van der Waals surface area contributed by atoms with Crippen molar-refractivity contribution in [1.82, 2.24) is 9.55 Å². The van der Waals surface area contributed by atoms with Crippen LogP contribution in [0, 0.1) is 0 Å². The Morgan fingerprint density at radius 1 is 1.21 bits per heavy atom. The van der Waals surface area contributed by atoms with Gasteiger partial charge in [-0.15, -0.1) is 0 Å². The number of esters is 1. The van der Waals surface area contributed by atoms with Crippen LogP contribution in [0.4, 0.5) is 5.82 Å². The molecule has 11 nitrogen and oxygen atoms in total. The molecule has 0 aliphatic carbocycles. The van der Waals surface area contributed by atoms with E-state index in [9.17, 15) is 24.6 Å². The summed E-state index contributed by atoms with van der Waals surface area (Å²) < 4.78 is 10.9. The number of amides is 1. The van der Waals surface area contributed by atoms with Crippen LogP contribution in [0.15, 0.2) is 41.3 Å². The van der Waals surface area contributed by atoms with Gasteiger partial charge in [0, 0.05) is 6.20 Å². The zero-order valence-corrected chi connectivity index (χ0v) is 15.3. The Morgan fingerprint density at radius 2 is 1.90 bits per heavy atom. The molecule has 1 aliphatic heterocycles. The minimum atomic E-state index is -1.45. The maximum atomic E-state index is 12.5. The van der Waals surface area contributed by atoms with E-state index in [4.69, 9.17) is 9.84 Å². The van der Waals surface area contributed by atoms with Crippen LogP contribution in [-0.2, 0) is 9.47 Å². The van der Waals surface area contributed by atoms with Gasteiger partial charge in [0.1, 0.15) is 24.1 Å². The van der Waals surface area contributed by atoms with Gasteiger partial charge in [-0.05, 0) is 18.2 Å². The van der Waals surface area contributed by atoms with Crippen molar-refractivity contribution >= 4 is 17.7 Å². The number of aliphatic hydroxyl groups is 3. The molecule has 0 unspecified atom stereocenters. The van der Waals surface area contributed by atoms with Crippen LogP contribution in [0.3, 0.4) is 0 Å². The first kappa shape index (κ1) is 20.6. The predicted octanol–water partition coefficient (Wildman–Crippen LogP) is -1.11. The molecule has 154 valence electrons. The lowest BCUT2D eigenvalue weighted by atomic mass is 10.1. The number of rotatable bonds is 5. The number of aliphatic hydroxyl groups excluding tert-OH is 3. The van der Waals surface area contributed by atoms with Crippen molar-refractivity contribution in [3.8, 4) is 0 Å². The normalized spacial score (nSPS) is 23.6. The highest BCUT2D eigenvalue weighted by atomic mass is 16.6. The van der Waals surface area contributed by atoms with E-state index in [1.165, 1.54) is 31.5 Å². The van der Waals surface area contributed by atoms with Gasteiger partial charge in [-0.25, -0.2) is 9.59 Å². The van der Waals surface area contributed by atoms with E-state index < -0.39 is 48.7 Å².